The monoisotopic (exact) mass is 534 g/mol. The molecule has 1 aliphatic heterocycles. The molecular weight excluding hydrogens is 508 g/mol. The van der Waals surface area contributed by atoms with Gasteiger partial charge >= 0.3 is 0 Å². The van der Waals surface area contributed by atoms with Crippen LogP contribution in [0.15, 0.2) is 82.6 Å². The molecule has 1 aliphatic rings. The summed E-state index contributed by atoms with van der Waals surface area (Å²) >= 11 is 2.36. The highest BCUT2D eigenvalue weighted by atomic mass is 32.2. The van der Waals surface area contributed by atoms with E-state index in [1.807, 2.05) is 61.7 Å². The van der Waals surface area contributed by atoms with Crippen LogP contribution in [0.3, 0.4) is 0 Å². The lowest BCUT2D eigenvalue weighted by Crippen LogP contribution is -2.36. The maximum Gasteiger partial charge on any atom is 0.294 e. The molecule has 0 radical (unpaired) electrons. The Bertz CT molecular complexity index is 1330. The normalized spacial score (nSPS) is 14.2. The van der Waals surface area contributed by atoms with Gasteiger partial charge in [-0.3, -0.25) is 19.3 Å². The van der Waals surface area contributed by atoms with E-state index in [9.17, 15) is 14.4 Å². The zero-order valence-corrected chi connectivity index (χ0v) is 22.1. The van der Waals surface area contributed by atoms with Crippen LogP contribution in [0.4, 0.5) is 10.5 Å². The smallest absolute Gasteiger partial charge is 0.294 e. The van der Waals surface area contributed by atoms with E-state index in [0.29, 0.717) is 36.0 Å². The van der Waals surface area contributed by atoms with E-state index < -0.39 is 17.1 Å². The Morgan fingerprint density at radius 3 is 2.57 bits per heavy atom. The second-order valence-electron chi connectivity index (χ2n) is 7.96. The Kier molecular flexibility index (Phi) is 8.92. The number of hydrogen-bond donors (Lipinski definition) is 1. The molecule has 9 heteroatoms. The molecule has 7 nitrogen and oxygen atoms in total. The summed E-state index contributed by atoms with van der Waals surface area (Å²) in [6.07, 6.45) is 3.56. The zero-order chi connectivity index (χ0) is 26.2. The summed E-state index contributed by atoms with van der Waals surface area (Å²) in [5.41, 5.74) is 2.32. The van der Waals surface area contributed by atoms with Gasteiger partial charge in [0, 0.05) is 10.6 Å². The van der Waals surface area contributed by atoms with Crippen molar-refractivity contribution in [3.8, 4) is 11.5 Å². The molecule has 37 heavy (non-hydrogen) atoms. The van der Waals surface area contributed by atoms with E-state index in [0.717, 1.165) is 27.1 Å². The lowest BCUT2D eigenvalue weighted by Gasteiger charge is -2.13. The Morgan fingerprint density at radius 1 is 1.00 bits per heavy atom. The molecule has 0 atom stereocenters. The summed E-state index contributed by atoms with van der Waals surface area (Å²) in [5, 5.41) is 2.25. The van der Waals surface area contributed by atoms with Crippen LogP contribution in [0, 0.1) is 0 Å². The van der Waals surface area contributed by atoms with Crippen molar-refractivity contribution in [1.82, 2.24) is 4.90 Å². The first-order valence-corrected chi connectivity index (χ1v) is 13.6. The SMILES string of the molecule is CCOc1cc(/C=C2/SC(=O)N(CC(=O)Nc3cccc(SC)c3)C2=O)ccc1OCc1ccccc1. The van der Waals surface area contributed by atoms with Gasteiger partial charge < -0.3 is 14.8 Å². The first kappa shape index (κ1) is 26.4. The predicted molar refractivity (Wildman–Crippen MR) is 148 cm³/mol. The van der Waals surface area contributed by atoms with Crippen molar-refractivity contribution in [2.75, 3.05) is 24.7 Å². The number of imide groups is 1. The maximum atomic E-state index is 12.9. The van der Waals surface area contributed by atoms with Crippen LogP contribution in [-0.4, -0.2) is 41.4 Å². The van der Waals surface area contributed by atoms with Gasteiger partial charge in [-0.2, -0.15) is 0 Å². The molecule has 0 aromatic heterocycles. The highest BCUT2D eigenvalue weighted by Gasteiger charge is 2.36. The van der Waals surface area contributed by atoms with E-state index in [1.165, 1.54) is 0 Å². The van der Waals surface area contributed by atoms with Crippen LogP contribution in [-0.2, 0) is 16.2 Å². The third-order valence-electron chi connectivity index (χ3n) is 5.33. The molecule has 1 saturated heterocycles. The van der Waals surface area contributed by atoms with Gasteiger partial charge in [-0.05, 0) is 72.5 Å². The number of amides is 3. The Balaban J connectivity index is 1.44. The average Bonchev–Trinajstić information content (AvgIpc) is 3.16. The van der Waals surface area contributed by atoms with E-state index in [1.54, 1.807) is 42.1 Å². The molecule has 3 amide bonds. The van der Waals surface area contributed by atoms with E-state index in [4.69, 9.17) is 9.47 Å². The van der Waals surface area contributed by atoms with Gasteiger partial charge in [0.1, 0.15) is 13.2 Å². The topological polar surface area (TPSA) is 84.9 Å². The number of thioether (sulfide) groups is 2. The van der Waals surface area contributed by atoms with Crippen molar-refractivity contribution in [1.29, 1.82) is 0 Å². The quantitative estimate of drug-likeness (QED) is 0.250. The van der Waals surface area contributed by atoms with Crippen molar-refractivity contribution < 1.29 is 23.9 Å². The fourth-order valence-corrected chi connectivity index (χ4v) is 4.87. The van der Waals surface area contributed by atoms with Crippen LogP contribution in [0.25, 0.3) is 6.08 Å². The second-order valence-corrected chi connectivity index (χ2v) is 9.83. The summed E-state index contributed by atoms with van der Waals surface area (Å²) in [6, 6.07) is 22.5. The number of carbonyl (C=O) groups excluding carboxylic acids is 3. The predicted octanol–water partition coefficient (Wildman–Crippen LogP) is 6.06. The molecule has 4 rings (SSSR count). The van der Waals surface area contributed by atoms with Crippen molar-refractivity contribution in [2.45, 2.75) is 18.4 Å². The van der Waals surface area contributed by atoms with Gasteiger partial charge in [-0.1, -0.05) is 42.5 Å². The minimum absolute atomic E-state index is 0.239. The summed E-state index contributed by atoms with van der Waals surface area (Å²) in [5.74, 6) is 0.169. The lowest BCUT2D eigenvalue weighted by molar-refractivity contribution is -0.127. The van der Waals surface area contributed by atoms with E-state index in [-0.39, 0.29) is 11.4 Å². The van der Waals surface area contributed by atoms with Gasteiger partial charge in [0.05, 0.1) is 11.5 Å². The van der Waals surface area contributed by atoms with Gasteiger partial charge in [-0.15, -0.1) is 11.8 Å². The minimum Gasteiger partial charge on any atom is -0.490 e. The average molecular weight is 535 g/mol. The third-order valence-corrected chi connectivity index (χ3v) is 6.96. The molecule has 1 heterocycles. The molecule has 1 N–H and O–H groups in total. The molecule has 0 spiro atoms. The van der Waals surface area contributed by atoms with Crippen molar-refractivity contribution in [3.05, 3.63) is 88.8 Å². The molecule has 0 bridgehead atoms. The van der Waals surface area contributed by atoms with Gasteiger partial charge in [0.25, 0.3) is 11.1 Å². The van der Waals surface area contributed by atoms with E-state index in [2.05, 4.69) is 5.32 Å². The number of nitrogens with zero attached hydrogens (tertiary/aromatic N) is 1. The molecule has 1 fully saturated rings. The number of hydrogen-bond acceptors (Lipinski definition) is 7. The summed E-state index contributed by atoms with van der Waals surface area (Å²) in [6.45, 7) is 2.35. The highest BCUT2D eigenvalue weighted by Crippen LogP contribution is 2.35. The number of carbonyl (C=O) groups is 3. The molecule has 0 aliphatic carbocycles. The van der Waals surface area contributed by atoms with Crippen LogP contribution < -0.4 is 14.8 Å². The third kappa shape index (κ3) is 6.96. The molecule has 0 unspecified atom stereocenters. The van der Waals surface area contributed by atoms with E-state index >= 15 is 0 Å². The fraction of sp³-hybridized carbons (Fsp3) is 0.179. The fourth-order valence-electron chi connectivity index (χ4n) is 3.57. The van der Waals surface area contributed by atoms with Crippen molar-refractivity contribution >= 4 is 52.3 Å². The summed E-state index contributed by atoms with van der Waals surface area (Å²) in [4.78, 5) is 40.1. The van der Waals surface area contributed by atoms with Crippen molar-refractivity contribution in [2.24, 2.45) is 0 Å². The van der Waals surface area contributed by atoms with Crippen LogP contribution in [0.1, 0.15) is 18.1 Å². The van der Waals surface area contributed by atoms with Crippen molar-refractivity contribution in [3.63, 3.8) is 0 Å². The summed E-state index contributed by atoms with van der Waals surface area (Å²) < 4.78 is 11.7. The number of ether oxygens (including phenoxy) is 2. The first-order chi connectivity index (χ1) is 18.0. The molecule has 0 saturated carbocycles. The number of rotatable bonds is 10. The second kappa shape index (κ2) is 12.5. The highest BCUT2D eigenvalue weighted by molar-refractivity contribution is 8.18. The van der Waals surface area contributed by atoms with Gasteiger partial charge in [0.15, 0.2) is 11.5 Å². The number of anilines is 1. The van der Waals surface area contributed by atoms with Crippen LogP contribution in [0.5, 0.6) is 11.5 Å². The molecule has 3 aromatic carbocycles. The molecular formula is C28H26N2O5S2. The largest absolute Gasteiger partial charge is 0.490 e. The lowest BCUT2D eigenvalue weighted by atomic mass is 10.1. The molecule has 3 aromatic rings. The molecule has 190 valence electrons. The zero-order valence-electron chi connectivity index (χ0n) is 20.4. The Hall–Kier alpha value is -3.69. The summed E-state index contributed by atoms with van der Waals surface area (Å²) in [7, 11) is 0. The minimum atomic E-state index is -0.509. The maximum absolute atomic E-state index is 12.9. The Morgan fingerprint density at radius 2 is 1.81 bits per heavy atom. The standard InChI is InChI=1S/C28H26N2O5S2/c1-3-34-24-14-20(12-13-23(24)35-18-19-8-5-4-6-9-19)15-25-27(32)30(28(33)37-25)17-26(31)29-21-10-7-11-22(16-21)36-2/h4-16H,3,17-18H2,1-2H3,(H,29,31)/b25-15+. The van der Waals surface area contributed by atoms with Gasteiger partial charge in [-0.25, -0.2) is 0 Å². The number of benzene rings is 3. The number of nitrogens with one attached hydrogen (secondary N) is 1. The van der Waals surface area contributed by atoms with Gasteiger partial charge in [0.2, 0.25) is 5.91 Å². The first-order valence-electron chi connectivity index (χ1n) is 11.6. The van der Waals surface area contributed by atoms with Crippen LogP contribution >= 0.6 is 23.5 Å². The van der Waals surface area contributed by atoms with Crippen LogP contribution in [0.2, 0.25) is 0 Å². The Labute approximate surface area is 224 Å².